The third-order valence-corrected chi connectivity index (χ3v) is 2.22. The summed E-state index contributed by atoms with van der Waals surface area (Å²) >= 11 is 0. The first kappa shape index (κ1) is 9.96. The quantitative estimate of drug-likeness (QED) is 0.649. The maximum atomic E-state index is 5.90. The molecule has 0 aromatic carbocycles. The van der Waals surface area contributed by atoms with Crippen LogP contribution in [0.15, 0.2) is 0 Å². The normalized spacial score (nSPS) is 21.2. The molecule has 0 saturated carbocycles. The van der Waals surface area contributed by atoms with Crippen LogP contribution in [0.4, 0.5) is 0 Å². The van der Waals surface area contributed by atoms with Crippen molar-refractivity contribution in [3.05, 3.63) is 0 Å². The monoisotopic (exact) mass is 170 g/mol. The predicted molar refractivity (Wildman–Crippen MR) is 51.2 cm³/mol. The Morgan fingerprint density at radius 3 is 2.42 bits per heavy atom. The van der Waals surface area contributed by atoms with Crippen LogP contribution in [0.1, 0.15) is 20.3 Å². The SMILES string of the molecule is CC(C)(N)CCN1CC[N]CC1. The average molecular weight is 170 g/mol. The molecule has 2 N–H and O–H groups in total. The summed E-state index contributed by atoms with van der Waals surface area (Å²) in [6.07, 6.45) is 1.08. The van der Waals surface area contributed by atoms with Crippen molar-refractivity contribution in [1.29, 1.82) is 0 Å². The van der Waals surface area contributed by atoms with E-state index in [4.69, 9.17) is 5.73 Å². The van der Waals surface area contributed by atoms with Crippen molar-refractivity contribution < 1.29 is 0 Å². The van der Waals surface area contributed by atoms with Crippen molar-refractivity contribution in [2.75, 3.05) is 32.7 Å². The maximum Gasteiger partial charge on any atom is 0.0261 e. The van der Waals surface area contributed by atoms with E-state index >= 15 is 0 Å². The van der Waals surface area contributed by atoms with Crippen LogP contribution in [-0.2, 0) is 0 Å². The lowest BCUT2D eigenvalue weighted by Gasteiger charge is -2.29. The summed E-state index contributed by atoms with van der Waals surface area (Å²) in [7, 11) is 0. The molecule has 12 heavy (non-hydrogen) atoms. The lowest BCUT2D eigenvalue weighted by atomic mass is 10.0. The van der Waals surface area contributed by atoms with Crippen LogP contribution >= 0.6 is 0 Å². The minimum atomic E-state index is -0.0193. The molecule has 1 aliphatic rings. The number of hydrogen-bond acceptors (Lipinski definition) is 2. The summed E-state index contributed by atoms with van der Waals surface area (Å²) in [5.41, 5.74) is 5.88. The van der Waals surface area contributed by atoms with Gasteiger partial charge in [-0.1, -0.05) is 0 Å². The topological polar surface area (TPSA) is 43.4 Å². The van der Waals surface area contributed by atoms with Gasteiger partial charge >= 0.3 is 0 Å². The Labute approximate surface area is 75.3 Å². The fraction of sp³-hybridized carbons (Fsp3) is 1.00. The molecule has 0 amide bonds. The second kappa shape index (κ2) is 4.21. The molecule has 0 aromatic heterocycles. The summed E-state index contributed by atoms with van der Waals surface area (Å²) < 4.78 is 0. The number of rotatable bonds is 3. The van der Waals surface area contributed by atoms with Crippen molar-refractivity contribution in [3.63, 3.8) is 0 Å². The van der Waals surface area contributed by atoms with Crippen LogP contribution in [0.5, 0.6) is 0 Å². The molecule has 1 rings (SSSR count). The molecule has 0 bridgehead atoms. The van der Waals surface area contributed by atoms with E-state index in [1.165, 1.54) is 0 Å². The average Bonchev–Trinajstić information content (AvgIpc) is 2.02. The highest BCUT2D eigenvalue weighted by Gasteiger charge is 2.15. The molecule has 0 atom stereocenters. The van der Waals surface area contributed by atoms with Gasteiger partial charge in [-0.25, -0.2) is 5.32 Å². The number of piperazine rings is 1. The van der Waals surface area contributed by atoms with Crippen LogP contribution < -0.4 is 11.1 Å². The zero-order valence-corrected chi connectivity index (χ0v) is 8.21. The molecule has 0 unspecified atom stereocenters. The van der Waals surface area contributed by atoms with Gasteiger partial charge in [-0.15, -0.1) is 0 Å². The number of nitrogens with two attached hydrogens (primary N) is 1. The molecule has 1 saturated heterocycles. The minimum Gasteiger partial charge on any atom is -0.326 e. The highest BCUT2D eigenvalue weighted by Crippen LogP contribution is 2.05. The highest BCUT2D eigenvalue weighted by molar-refractivity contribution is 4.75. The minimum absolute atomic E-state index is 0.0193. The summed E-state index contributed by atoms with van der Waals surface area (Å²) in [6, 6.07) is 0. The van der Waals surface area contributed by atoms with E-state index in [1.807, 2.05) is 0 Å². The zero-order chi connectivity index (χ0) is 9.03. The first-order valence-electron chi connectivity index (χ1n) is 4.72. The fourth-order valence-corrected chi connectivity index (χ4v) is 1.32. The van der Waals surface area contributed by atoms with Crippen molar-refractivity contribution in [1.82, 2.24) is 10.2 Å². The van der Waals surface area contributed by atoms with Gasteiger partial charge in [-0.2, -0.15) is 0 Å². The Kier molecular flexibility index (Phi) is 3.50. The van der Waals surface area contributed by atoms with Crippen molar-refractivity contribution >= 4 is 0 Å². The van der Waals surface area contributed by atoms with E-state index < -0.39 is 0 Å². The Bertz CT molecular complexity index is 122. The molecule has 0 aromatic rings. The maximum absolute atomic E-state index is 5.90. The molecule has 1 aliphatic heterocycles. The Morgan fingerprint density at radius 2 is 1.92 bits per heavy atom. The van der Waals surface area contributed by atoms with E-state index in [0.29, 0.717) is 0 Å². The molecule has 1 radical (unpaired) electrons. The zero-order valence-electron chi connectivity index (χ0n) is 8.21. The predicted octanol–water partition coefficient (Wildman–Crippen LogP) is 0.0338. The van der Waals surface area contributed by atoms with E-state index in [-0.39, 0.29) is 5.54 Å². The summed E-state index contributed by atoms with van der Waals surface area (Å²) in [5, 5.41) is 4.30. The van der Waals surface area contributed by atoms with E-state index in [0.717, 1.165) is 39.1 Å². The summed E-state index contributed by atoms with van der Waals surface area (Å²) in [4.78, 5) is 2.45. The Morgan fingerprint density at radius 1 is 1.33 bits per heavy atom. The second-order valence-electron chi connectivity index (χ2n) is 4.25. The molecular weight excluding hydrogens is 150 g/mol. The van der Waals surface area contributed by atoms with Crippen molar-refractivity contribution in [3.8, 4) is 0 Å². The molecule has 3 nitrogen and oxygen atoms in total. The van der Waals surface area contributed by atoms with E-state index in [2.05, 4.69) is 24.1 Å². The van der Waals surface area contributed by atoms with Gasteiger partial charge in [0.1, 0.15) is 0 Å². The second-order valence-corrected chi connectivity index (χ2v) is 4.25. The van der Waals surface area contributed by atoms with E-state index in [1.54, 1.807) is 0 Å². The molecule has 3 heteroatoms. The highest BCUT2D eigenvalue weighted by atomic mass is 15.2. The summed E-state index contributed by atoms with van der Waals surface area (Å²) in [6.45, 7) is 9.55. The van der Waals surface area contributed by atoms with Crippen LogP contribution in [0.2, 0.25) is 0 Å². The molecule has 71 valence electrons. The van der Waals surface area contributed by atoms with Crippen LogP contribution in [-0.4, -0.2) is 43.2 Å². The Balaban J connectivity index is 2.13. The third kappa shape index (κ3) is 4.04. The lowest BCUT2D eigenvalue weighted by molar-refractivity contribution is 0.220. The van der Waals surface area contributed by atoms with Crippen molar-refractivity contribution in [2.24, 2.45) is 5.73 Å². The van der Waals surface area contributed by atoms with Gasteiger partial charge in [0.15, 0.2) is 0 Å². The van der Waals surface area contributed by atoms with E-state index in [9.17, 15) is 0 Å². The van der Waals surface area contributed by atoms with Gasteiger partial charge in [-0.3, -0.25) is 0 Å². The smallest absolute Gasteiger partial charge is 0.0261 e. The standard InChI is InChI=1S/C9H20N3/c1-9(2,10)3-6-12-7-4-11-5-8-12/h3-8,10H2,1-2H3. The van der Waals surface area contributed by atoms with Gasteiger partial charge in [0.2, 0.25) is 0 Å². The number of hydrogen-bond donors (Lipinski definition) is 1. The number of nitrogens with zero attached hydrogens (tertiary/aromatic N) is 2. The van der Waals surface area contributed by atoms with Gasteiger partial charge in [0, 0.05) is 31.7 Å². The van der Waals surface area contributed by atoms with Crippen LogP contribution in [0.3, 0.4) is 0 Å². The molecular formula is C9H20N3. The largest absolute Gasteiger partial charge is 0.326 e. The molecule has 0 aliphatic carbocycles. The molecule has 1 fully saturated rings. The van der Waals surface area contributed by atoms with Crippen LogP contribution in [0.25, 0.3) is 0 Å². The van der Waals surface area contributed by atoms with Gasteiger partial charge in [0.25, 0.3) is 0 Å². The van der Waals surface area contributed by atoms with Gasteiger partial charge in [-0.05, 0) is 26.8 Å². The molecule has 1 heterocycles. The van der Waals surface area contributed by atoms with Gasteiger partial charge < -0.3 is 10.6 Å². The third-order valence-electron chi connectivity index (χ3n) is 2.22. The molecule has 0 spiro atoms. The van der Waals surface area contributed by atoms with Crippen LogP contribution in [0, 0.1) is 0 Å². The Hall–Kier alpha value is -0.120. The summed E-state index contributed by atoms with van der Waals surface area (Å²) in [5.74, 6) is 0. The van der Waals surface area contributed by atoms with Gasteiger partial charge in [0.05, 0.1) is 0 Å². The first-order valence-corrected chi connectivity index (χ1v) is 4.72. The fourth-order valence-electron chi connectivity index (χ4n) is 1.32. The van der Waals surface area contributed by atoms with Crippen molar-refractivity contribution in [2.45, 2.75) is 25.8 Å². The lowest BCUT2D eigenvalue weighted by Crippen LogP contribution is -2.44. The first-order chi connectivity index (χ1) is 5.58.